The topological polar surface area (TPSA) is 188 Å². The van der Waals surface area contributed by atoms with Crippen molar-refractivity contribution in [3.63, 3.8) is 0 Å². The van der Waals surface area contributed by atoms with Crippen LogP contribution in [0.1, 0.15) is 6.23 Å². The number of hydrogen-bond acceptors (Lipinski definition) is 8. The molecule has 1 aliphatic heterocycles. The van der Waals surface area contributed by atoms with Gasteiger partial charge in [-0.3, -0.25) is 4.52 Å². The Kier molecular flexibility index (Phi) is 4.06. The summed E-state index contributed by atoms with van der Waals surface area (Å²) in [5.41, 5.74) is 6.46. The molecule has 3 rings (SSSR count). The van der Waals surface area contributed by atoms with Crippen molar-refractivity contribution >= 4 is 24.8 Å². The molecule has 13 heteroatoms. The van der Waals surface area contributed by atoms with Crippen LogP contribution < -0.4 is 10.3 Å². The number of aromatic nitrogens is 4. The van der Waals surface area contributed by atoms with Gasteiger partial charge in [0.2, 0.25) is 18.4 Å². The lowest BCUT2D eigenvalue weighted by Crippen LogP contribution is -2.47. The van der Waals surface area contributed by atoms with Gasteiger partial charge in [-0.15, -0.1) is 0 Å². The van der Waals surface area contributed by atoms with Crippen LogP contribution in [0, 0.1) is 0 Å². The minimum absolute atomic E-state index is 0.197. The number of phosphoric ester groups is 1. The van der Waals surface area contributed by atoms with E-state index in [0.717, 1.165) is 0 Å². The molecule has 23 heavy (non-hydrogen) atoms. The maximum absolute atomic E-state index is 10.7. The highest BCUT2D eigenvalue weighted by Gasteiger charge is 2.47. The van der Waals surface area contributed by atoms with Crippen molar-refractivity contribution in [2.24, 2.45) is 0 Å². The van der Waals surface area contributed by atoms with Crippen molar-refractivity contribution in [2.75, 3.05) is 12.3 Å². The number of nitrogens with zero attached hydrogens (tertiary/aromatic N) is 3. The van der Waals surface area contributed by atoms with Gasteiger partial charge >= 0.3 is 7.82 Å². The molecule has 7 N–H and O–H groups in total. The minimum atomic E-state index is -4.72. The lowest BCUT2D eigenvalue weighted by atomic mass is 10.1. The van der Waals surface area contributed by atoms with Crippen molar-refractivity contribution in [3.8, 4) is 0 Å². The van der Waals surface area contributed by atoms with Crippen LogP contribution in [0.25, 0.3) is 11.2 Å². The average molecular weight is 348 g/mol. The van der Waals surface area contributed by atoms with Crippen LogP contribution in [-0.2, 0) is 13.8 Å². The molecule has 0 spiro atoms. The number of rotatable bonds is 4. The van der Waals surface area contributed by atoms with Gasteiger partial charge in [0.15, 0.2) is 11.8 Å². The Bertz CT molecular complexity index is 763. The SMILES string of the molecule is Nc1nc[n+]([C@@H]2O[C@@H](COP(=O)(O)O)[C@@H](O)[C@H]2O)c2nc[nH]c12. The third-order valence-corrected chi connectivity index (χ3v) is 3.95. The Morgan fingerprint density at radius 2 is 2.13 bits per heavy atom. The molecule has 0 amide bonds. The van der Waals surface area contributed by atoms with Gasteiger partial charge in [-0.05, 0) is 0 Å². The summed E-state index contributed by atoms with van der Waals surface area (Å²) < 4.78 is 21.8. The zero-order chi connectivity index (χ0) is 16.8. The second-order valence-electron chi connectivity index (χ2n) is 4.97. The van der Waals surface area contributed by atoms with Crippen LogP contribution in [0.2, 0.25) is 0 Å². The smallest absolute Gasteiger partial charge is 0.387 e. The summed E-state index contributed by atoms with van der Waals surface area (Å²) in [6.45, 7) is -0.592. The standard InChI is InChI=1S/C10H14N5O7P/c11-8-5-9(13-2-12-5)15(3-14-8)10-7(17)6(16)4(22-10)1-21-23(18,19)20/h2-4,6-7,10,16-17H,1H2,(H4,11,12,13,18,19,20)/p+1/t4-,6+,7+,10+/m0/s1. The molecule has 12 nitrogen and oxygen atoms in total. The second-order valence-corrected chi connectivity index (χ2v) is 6.21. The quantitative estimate of drug-likeness (QED) is 0.256. The predicted octanol–water partition coefficient (Wildman–Crippen LogP) is -2.44. The van der Waals surface area contributed by atoms with E-state index in [0.29, 0.717) is 11.2 Å². The fourth-order valence-corrected chi connectivity index (χ4v) is 2.71. The number of imidazole rings is 1. The van der Waals surface area contributed by atoms with Crippen LogP contribution in [-0.4, -0.2) is 59.9 Å². The average Bonchev–Trinajstić information content (AvgIpc) is 3.06. The first-order valence-electron chi connectivity index (χ1n) is 6.48. The molecular formula is C10H15N5O7P+. The Hall–Kier alpha value is -1.66. The van der Waals surface area contributed by atoms with Crippen molar-refractivity contribution in [3.05, 3.63) is 12.7 Å². The van der Waals surface area contributed by atoms with E-state index in [2.05, 4.69) is 19.5 Å². The summed E-state index contributed by atoms with van der Waals surface area (Å²) >= 11 is 0. The number of aromatic amines is 1. The maximum atomic E-state index is 10.7. The van der Waals surface area contributed by atoms with Crippen LogP contribution in [0.15, 0.2) is 12.7 Å². The van der Waals surface area contributed by atoms with Crippen LogP contribution in [0.4, 0.5) is 5.82 Å². The molecule has 0 radical (unpaired) electrons. The lowest BCUT2D eigenvalue weighted by molar-refractivity contribution is -0.747. The summed E-state index contributed by atoms with van der Waals surface area (Å²) in [4.78, 5) is 28.2. The van der Waals surface area contributed by atoms with Gasteiger partial charge in [0.05, 0.1) is 6.61 Å². The Balaban J connectivity index is 1.87. The summed E-state index contributed by atoms with van der Waals surface area (Å²) in [6.07, 6.45) is -2.34. The van der Waals surface area contributed by atoms with Crippen molar-refractivity contribution in [1.82, 2.24) is 15.0 Å². The largest absolute Gasteiger partial charge is 0.469 e. The molecule has 0 saturated carbocycles. The molecule has 1 aliphatic rings. The molecule has 2 aromatic heterocycles. The van der Waals surface area contributed by atoms with Gasteiger partial charge in [-0.25, -0.2) is 9.13 Å². The molecule has 126 valence electrons. The van der Waals surface area contributed by atoms with Crippen molar-refractivity contribution in [2.45, 2.75) is 24.5 Å². The predicted molar refractivity (Wildman–Crippen MR) is 72.4 cm³/mol. The minimum Gasteiger partial charge on any atom is -0.387 e. The third kappa shape index (κ3) is 3.05. The first-order valence-corrected chi connectivity index (χ1v) is 8.01. The van der Waals surface area contributed by atoms with Gasteiger partial charge in [0.1, 0.15) is 18.3 Å². The van der Waals surface area contributed by atoms with E-state index < -0.39 is 39.0 Å². The van der Waals surface area contributed by atoms with E-state index in [9.17, 15) is 14.8 Å². The van der Waals surface area contributed by atoms with Gasteiger partial charge in [0.25, 0.3) is 5.65 Å². The van der Waals surface area contributed by atoms with Crippen LogP contribution in [0.5, 0.6) is 0 Å². The van der Waals surface area contributed by atoms with E-state index in [1.165, 1.54) is 17.2 Å². The first-order chi connectivity index (χ1) is 10.8. The zero-order valence-corrected chi connectivity index (χ0v) is 12.4. The Morgan fingerprint density at radius 3 is 2.83 bits per heavy atom. The van der Waals surface area contributed by atoms with E-state index in [-0.39, 0.29) is 5.82 Å². The van der Waals surface area contributed by atoms with Crippen molar-refractivity contribution < 1.29 is 38.4 Å². The molecular weight excluding hydrogens is 333 g/mol. The molecule has 0 aliphatic carbocycles. The number of nitrogen functional groups attached to an aromatic ring is 1. The Morgan fingerprint density at radius 1 is 1.39 bits per heavy atom. The summed E-state index contributed by atoms with van der Waals surface area (Å²) in [6, 6.07) is 0. The molecule has 0 unspecified atom stereocenters. The fraction of sp³-hybridized carbons (Fsp3) is 0.500. The first kappa shape index (κ1) is 16.2. The van der Waals surface area contributed by atoms with Crippen LogP contribution in [0.3, 0.4) is 0 Å². The number of aliphatic hydroxyl groups is 2. The number of hydrogen-bond donors (Lipinski definition) is 6. The molecule has 1 fully saturated rings. The molecule has 3 heterocycles. The number of fused-ring (bicyclic) bond motifs is 1. The van der Waals surface area contributed by atoms with Crippen LogP contribution >= 0.6 is 7.82 Å². The second kappa shape index (κ2) is 5.76. The number of nitrogens with one attached hydrogen (secondary N) is 1. The molecule has 4 atom stereocenters. The maximum Gasteiger partial charge on any atom is 0.469 e. The highest BCUT2D eigenvalue weighted by molar-refractivity contribution is 7.46. The number of ether oxygens (including phenoxy) is 1. The lowest BCUT2D eigenvalue weighted by Gasteiger charge is -2.14. The number of phosphoric acid groups is 1. The van der Waals surface area contributed by atoms with Crippen molar-refractivity contribution in [1.29, 1.82) is 0 Å². The Labute approximate surface area is 128 Å². The van der Waals surface area contributed by atoms with E-state index >= 15 is 0 Å². The molecule has 0 bridgehead atoms. The molecule has 0 aromatic carbocycles. The monoisotopic (exact) mass is 348 g/mol. The van der Waals surface area contributed by atoms with Gasteiger partial charge in [0, 0.05) is 0 Å². The van der Waals surface area contributed by atoms with Gasteiger partial charge < -0.3 is 35.5 Å². The van der Waals surface area contributed by atoms with E-state index in [1.807, 2.05) is 0 Å². The number of anilines is 1. The highest BCUT2D eigenvalue weighted by atomic mass is 31.2. The van der Waals surface area contributed by atoms with E-state index in [4.69, 9.17) is 20.3 Å². The summed E-state index contributed by atoms with van der Waals surface area (Å²) in [7, 11) is -4.72. The number of aliphatic hydroxyl groups excluding tert-OH is 2. The normalized spacial score (nSPS) is 28.5. The van der Waals surface area contributed by atoms with E-state index in [1.54, 1.807) is 0 Å². The zero-order valence-electron chi connectivity index (χ0n) is 11.6. The van der Waals surface area contributed by atoms with Gasteiger partial charge in [-0.1, -0.05) is 9.97 Å². The van der Waals surface area contributed by atoms with Gasteiger partial charge in [-0.2, -0.15) is 0 Å². The fourth-order valence-electron chi connectivity index (χ4n) is 2.37. The molecule has 2 aromatic rings. The third-order valence-electron chi connectivity index (χ3n) is 3.46. The number of H-pyrrole nitrogens is 1. The number of nitrogens with two attached hydrogens (primary N) is 1. The highest BCUT2D eigenvalue weighted by Crippen LogP contribution is 2.37. The summed E-state index contributed by atoms with van der Waals surface area (Å²) in [5, 5.41) is 20.1. The molecule has 1 saturated heterocycles. The summed E-state index contributed by atoms with van der Waals surface area (Å²) in [5.74, 6) is 0.197.